The highest BCUT2D eigenvalue weighted by atomic mass is 16.1. The van der Waals surface area contributed by atoms with Crippen LogP contribution in [-0.4, -0.2) is 27.4 Å². The Kier molecular flexibility index (Phi) is 4.81. The lowest BCUT2D eigenvalue weighted by atomic mass is 10.1. The van der Waals surface area contributed by atoms with E-state index in [1.165, 1.54) is 6.20 Å². The van der Waals surface area contributed by atoms with Crippen LogP contribution in [0.2, 0.25) is 0 Å². The number of amides is 1. The van der Waals surface area contributed by atoms with Gasteiger partial charge in [0.2, 0.25) is 0 Å². The van der Waals surface area contributed by atoms with Crippen molar-refractivity contribution >= 4 is 11.7 Å². The van der Waals surface area contributed by atoms with E-state index in [2.05, 4.69) is 34.1 Å². The lowest BCUT2D eigenvalue weighted by Gasteiger charge is -2.09. The third-order valence-corrected chi connectivity index (χ3v) is 3.01. The van der Waals surface area contributed by atoms with Gasteiger partial charge in [-0.05, 0) is 24.5 Å². The molecule has 0 saturated heterocycles. The van der Waals surface area contributed by atoms with Gasteiger partial charge in [0.05, 0.1) is 5.56 Å². The second-order valence-electron chi connectivity index (χ2n) is 5.17. The van der Waals surface area contributed by atoms with Gasteiger partial charge in [0.25, 0.3) is 5.91 Å². The van der Waals surface area contributed by atoms with Crippen LogP contribution in [0.5, 0.6) is 0 Å². The summed E-state index contributed by atoms with van der Waals surface area (Å²) in [4.78, 5) is 24.3. The van der Waals surface area contributed by atoms with Gasteiger partial charge >= 0.3 is 0 Å². The zero-order chi connectivity index (χ0) is 15.2. The summed E-state index contributed by atoms with van der Waals surface area (Å²) in [5.74, 6) is 0.954. The van der Waals surface area contributed by atoms with Crippen molar-refractivity contribution in [1.82, 2.24) is 20.3 Å². The molecule has 0 bridgehead atoms. The average Bonchev–Trinajstić information content (AvgIpc) is 2.47. The number of hydrogen-bond acceptors (Lipinski definition) is 5. The molecule has 0 aliphatic rings. The van der Waals surface area contributed by atoms with Crippen LogP contribution in [0, 0.1) is 5.92 Å². The number of nitrogens with one attached hydrogen (secondary N) is 1. The number of nitrogen functional groups attached to an aromatic ring is 1. The number of pyridine rings is 1. The fourth-order valence-electron chi connectivity index (χ4n) is 1.78. The lowest BCUT2D eigenvalue weighted by Crippen LogP contribution is -2.26. The summed E-state index contributed by atoms with van der Waals surface area (Å²) in [6.07, 6.45) is 5.69. The average molecular weight is 285 g/mol. The van der Waals surface area contributed by atoms with Crippen LogP contribution < -0.4 is 11.1 Å². The summed E-state index contributed by atoms with van der Waals surface area (Å²) < 4.78 is 0. The van der Waals surface area contributed by atoms with Crippen LogP contribution in [0.25, 0.3) is 11.4 Å². The largest absolute Gasteiger partial charge is 0.383 e. The molecule has 0 aliphatic carbocycles. The molecule has 1 amide bonds. The number of nitrogens with two attached hydrogens (primary N) is 1. The molecular weight excluding hydrogens is 266 g/mol. The topological polar surface area (TPSA) is 93.8 Å². The van der Waals surface area contributed by atoms with E-state index >= 15 is 0 Å². The summed E-state index contributed by atoms with van der Waals surface area (Å²) in [5, 5.41) is 2.82. The number of aromatic nitrogens is 3. The maximum Gasteiger partial charge on any atom is 0.256 e. The van der Waals surface area contributed by atoms with Gasteiger partial charge in [0, 0.05) is 30.7 Å². The third-order valence-electron chi connectivity index (χ3n) is 3.01. The smallest absolute Gasteiger partial charge is 0.256 e. The molecule has 0 aliphatic heterocycles. The van der Waals surface area contributed by atoms with Crippen LogP contribution in [0.3, 0.4) is 0 Å². The molecule has 2 rings (SSSR count). The number of carbonyl (C=O) groups excluding carboxylic acids is 1. The van der Waals surface area contributed by atoms with Crippen LogP contribution in [0.4, 0.5) is 5.82 Å². The van der Waals surface area contributed by atoms with Crippen LogP contribution in [0.15, 0.2) is 30.7 Å². The molecule has 0 unspecified atom stereocenters. The summed E-state index contributed by atoms with van der Waals surface area (Å²) in [6, 6.07) is 3.58. The molecule has 6 nitrogen and oxygen atoms in total. The fraction of sp³-hybridized carbons (Fsp3) is 0.333. The first-order valence-corrected chi connectivity index (χ1v) is 6.89. The Labute approximate surface area is 123 Å². The van der Waals surface area contributed by atoms with Crippen molar-refractivity contribution in [2.24, 2.45) is 5.92 Å². The van der Waals surface area contributed by atoms with Gasteiger partial charge < -0.3 is 11.1 Å². The van der Waals surface area contributed by atoms with E-state index < -0.39 is 0 Å². The zero-order valence-electron chi connectivity index (χ0n) is 12.2. The molecule has 0 fully saturated rings. The second kappa shape index (κ2) is 6.78. The Hall–Kier alpha value is -2.50. The number of hydrogen-bond donors (Lipinski definition) is 2. The van der Waals surface area contributed by atoms with Crippen molar-refractivity contribution in [2.45, 2.75) is 20.3 Å². The number of rotatable bonds is 5. The minimum absolute atomic E-state index is 0.179. The normalized spacial score (nSPS) is 10.6. The highest BCUT2D eigenvalue weighted by Crippen LogP contribution is 2.16. The van der Waals surface area contributed by atoms with Gasteiger partial charge in [-0.1, -0.05) is 13.8 Å². The Morgan fingerprint density at radius 1 is 1.33 bits per heavy atom. The third kappa shape index (κ3) is 3.98. The molecule has 3 N–H and O–H groups in total. The molecule has 0 atom stereocenters. The summed E-state index contributed by atoms with van der Waals surface area (Å²) in [5.41, 5.74) is 6.97. The highest BCUT2D eigenvalue weighted by molar-refractivity contribution is 5.98. The van der Waals surface area contributed by atoms with Crippen molar-refractivity contribution in [3.8, 4) is 11.4 Å². The minimum Gasteiger partial charge on any atom is -0.383 e. The molecule has 0 aromatic carbocycles. The predicted molar refractivity (Wildman–Crippen MR) is 81.5 cm³/mol. The van der Waals surface area contributed by atoms with Crippen LogP contribution >= 0.6 is 0 Å². The second-order valence-corrected chi connectivity index (χ2v) is 5.17. The molecule has 2 heterocycles. The highest BCUT2D eigenvalue weighted by Gasteiger charge is 2.13. The molecule has 2 aromatic heterocycles. The van der Waals surface area contributed by atoms with Crippen molar-refractivity contribution in [3.63, 3.8) is 0 Å². The van der Waals surface area contributed by atoms with Crippen molar-refractivity contribution < 1.29 is 4.79 Å². The maximum absolute atomic E-state index is 12.0. The number of carbonyl (C=O) groups is 1. The zero-order valence-corrected chi connectivity index (χ0v) is 12.2. The van der Waals surface area contributed by atoms with Crippen molar-refractivity contribution in [3.05, 3.63) is 36.3 Å². The summed E-state index contributed by atoms with van der Waals surface area (Å²) >= 11 is 0. The van der Waals surface area contributed by atoms with Gasteiger partial charge in [0.1, 0.15) is 5.82 Å². The van der Waals surface area contributed by atoms with Gasteiger partial charge in [-0.3, -0.25) is 9.78 Å². The molecule has 0 saturated carbocycles. The molecular formula is C15H19N5O. The van der Waals surface area contributed by atoms with Gasteiger partial charge in [-0.15, -0.1) is 0 Å². The molecule has 0 radical (unpaired) electrons. The first kappa shape index (κ1) is 14.9. The van der Waals surface area contributed by atoms with E-state index in [4.69, 9.17) is 5.73 Å². The summed E-state index contributed by atoms with van der Waals surface area (Å²) in [7, 11) is 0. The lowest BCUT2D eigenvalue weighted by molar-refractivity contribution is 0.0952. The monoisotopic (exact) mass is 285 g/mol. The van der Waals surface area contributed by atoms with Crippen LogP contribution in [-0.2, 0) is 0 Å². The minimum atomic E-state index is -0.241. The van der Waals surface area contributed by atoms with Crippen molar-refractivity contribution in [2.75, 3.05) is 12.3 Å². The fourth-order valence-corrected chi connectivity index (χ4v) is 1.78. The summed E-state index contributed by atoms with van der Waals surface area (Å²) in [6.45, 7) is 4.82. The van der Waals surface area contributed by atoms with E-state index in [0.29, 0.717) is 23.9 Å². The van der Waals surface area contributed by atoms with Crippen molar-refractivity contribution in [1.29, 1.82) is 0 Å². The molecule has 6 heteroatoms. The van der Waals surface area contributed by atoms with E-state index in [1.54, 1.807) is 24.5 Å². The molecule has 0 spiro atoms. The quantitative estimate of drug-likeness (QED) is 0.875. The number of nitrogens with zero attached hydrogens (tertiary/aromatic N) is 3. The first-order valence-electron chi connectivity index (χ1n) is 6.89. The molecule has 21 heavy (non-hydrogen) atoms. The van der Waals surface area contributed by atoms with E-state index in [1.807, 2.05) is 0 Å². The molecule has 2 aromatic rings. The Bertz CT molecular complexity index is 613. The van der Waals surface area contributed by atoms with Crippen LogP contribution in [0.1, 0.15) is 30.6 Å². The van der Waals surface area contributed by atoms with Gasteiger partial charge in [-0.2, -0.15) is 0 Å². The first-order chi connectivity index (χ1) is 10.1. The van der Waals surface area contributed by atoms with Gasteiger partial charge in [-0.25, -0.2) is 9.97 Å². The SMILES string of the molecule is CC(C)CCNC(=O)c1cnc(-c2ccncc2)nc1N. The van der Waals surface area contributed by atoms with Gasteiger partial charge in [0.15, 0.2) is 5.82 Å². The molecule has 110 valence electrons. The van der Waals surface area contributed by atoms with E-state index in [9.17, 15) is 4.79 Å². The Morgan fingerprint density at radius 3 is 2.67 bits per heavy atom. The maximum atomic E-state index is 12.0. The Balaban J connectivity index is 2.11. The Morgan fingerprint density at radius 2 is 2.05 bits per heavy atom. The number of anilines is 1. The van der Waals surface area contributed by atoms with E-state index in [0.717, 1.165) is 12.0 Å². The standard InChI is InChI=1S/C15H19N5O/c1-10(2)3-8-18-15(21)12-9-19-14(20-13(12)16)11-4-6-17-7-5-11/h4-7,9-10H,3,8H2,1-2H3,(H,18,21)(H2,16,19,20). The predicted octanol–water partition coefficient (Wildman–Crippen LogP) is 1.90. The van der Waals surface area contributed by atoms with E-state index in [-0.39, 0.29) is 11.7 Å².